The van der Waals surface area contributed by atoms with Gasteiger partial charge in [0.05, 0.1) is 10.0 Å². The summed E-state index contributed by atoms with van der Waals surface area (Å²) in [6.45, 7) is 3.88. The Morgan fingerprint density at radius 1 is 1.27 bits per heavy atom. The maximum absolute atomic E-state index is 6.00. The zero-order valence-corrected chi connectivity index (χ0v) is 15.9. The van der Waals surface area contributed by atoms with Gasteiger partial charge in [-0.15, -0.1) is 0 Å². The highest BCUT2D eigenvalue weighted by Gasteiger charge is 2.13. The molecule has 0 amide bonds. The Bertz CT molecular complexity index is 804. The molecule has 1 fully saturated rings. The standard InChI is InChI=1S/C17H21Cl2N7/c1-10-7-15(23-12-3-2-6-21-9-12)25-17(22-10)26-16(20)24-11-4-5-13(18)14(19)8-11/h4-5,7-8,12,21H,2-3,6,9H2,1H3,(H4,20,22,23,24,25,26). The molecule has 1 saturated heterocycles. The van der Waals surface area contributed by atoms with Gasteiger partial charge in [-0.1, -0.05) is 23.2 Å². The lowest BCUT2D eigenvalue weighted by Crippen LogP contribution is -2.38. The van der Waals surface area contributed by atoms with Gasteiger partial charge in [-0.25, -0.2) is 4.98 Å². The molecule has 2 aromatic rings. The molecule has 2 heterocycles. The average molecular weight is 394 g/mol. The van der Waals surface area contributed by atoms with E-state index in [9.17, 15) is 0 Å². The fourth-order valence-electron chi connectivity index (χ4n) is 2.72. The van der Waals surface area contributed by atoms with Crippen molar-refractivity contribution in [3.63, 3.8) is 0 Å². The van der Waals surface area contributed by atoms with Crippen LogP contribution in [0.2, 0.25) is 10.0 Å². The van der Waals surface area contributed by atoms with Crippen molar-refractivity contribution >= 4 is 46.6 Å². The molecule has 1 aromatic heterocycles. The van der Waals surface area contributed by atoms with Crippen molar-refractivity contribution in [2.45, 2.75) is 25.8 Å². The molecule has 0 saturated carbocycles. The number of aromatic nitrogens is 2. The lowest BCUT2D eigenvalue weighted by Gasteiger charge is -2.24. The van der Waals surface area contributed by atoms with E-state index in [0.717, 1.165) is 37.4 Å². The first-order valence-corrected chi connectivity index (χ1v) is 9.14. The summed E-state index contributed by atoms with van der Waals surface area (Å²) in [7, 11) is 0. The van der Waals surface area contributed by atoms with E-state index in [1.54, 1.807) is 18.2 Å². The van der Waals surface area contributed by atoms with E-state index in [1.165, 1.54) is 0 Å². The van der Waals surface area contributed by atoms with Crippen molar-refractivity contribution in [3.05, 3.63) is 40.0 Å². The third-order valence-electron chi connectivity index (χ3n) is 3.90. The van der Waals surface area contributed by atoms with Crippen molar-refractivity contribution in [2.24, 2.45) is 10.7 Å². The summed E-state index contributed by atoms with van der Waals surface area (Å²) in [6, 6.07) is 7.36. The summed E-state index contributed by atoms with van der Waals surface area (Å²) in [4.78, 5) is 13.0. The van der Waals surface area contributed by atoms with E-state index in [1.807, 2.05) is 13.0 Å². The highest BCUT2D eigenvalue weighted by Crippen LogP contribution is 2.25. The predicted molar refractivity (Wildman–Crippen MR) is 108 cm³/mol. The number of anilines is 2. The third kappa shape index (κ3) is 5.20. The van der Waals surface area contributed by atoms with E-state index in [0.29, 0.717) is 27.7 Å². The summed E-state index contributed by atoms with van der Waals surface area (Å²) in [5.41, 5.74) is 7.46. The first kappa shape index (κ1) is 18.7. The Morgan fingerprint density at radius 3 is 2.85 bits per heavy atom. The number of piperidine rings is 1. The number of hydrogen-bond acceptors (Lipinski definition) is 5. The number of aliphatic imine (C=N–C) groups is 1. The SMILES string of the molecule is Cc1cc(NC2CCCNC2)nc(/N=C(\N)Nc2ccc(Cl)c(Cl)c2)n1. The van der Waals surface area contributed by atoms with Gasteiger partial charge in [-0.2, -0.15) is 9.98 Å². The molecule has 9 heteroatoms. The number of nitrogens with two attached hydrogens (primary N) is 1. The van der Waals surface area contributed by atoms with Crippen LogP contribution in [0.4, 0.5) is 17.5 Å². The lowest BCUT2D eigenvalue weighted by atomic mass is 10.1. The number of aryl methyl sites for hydroxylation is 1. The van der Waals surface area contributed by atoms with Crippen LogP contribution in [0.1, 0.15) is 18.5 Å². The van der Waals surface area contributed by atoms with Crippen molar-refractivity contribution in [1.29, 1.82) is 0 Å². The van der Waals surface area contributed by atoms with Crippen molar-refractivity contribution in [2.75, 3.05) is 23.7 Å². The van der Waals surface area contributed by atoms with Crippen LogP contribution in [0.15, 0.2) is 29.3 Å². The Balaban J connectivity index is 1.72. The minimum atomic E-state index is 0.166. The molecule has 0 aliphatic carbocycles. The molecule has 0 bridgehead atoms. The van der Waals surface area contributed by atoms with Gasteiger partial charge < -0.3 is 21.7 Å². The minimum Gasteiger partial charge on any atom is -0.369 e. The van der Waals surface area contributed by atoms with Crippen molar-refractivity contribution in [1.82, 2.24) is 15.3 Å². The molecule has 7 nitrogen and oxygen atoms in total. The number of halogens is 2. The molecular weight excluding hydrogens is 373 g/mol. The number of rotatable bonds is 4. The van der Waals surface area contributed by atoms with E-state index in [4.69, 9.17) is 28.9 Å². The zero-order chi connectivity index (χ0) is 18.5. The second-order valence-electron chi connectivity index (χ2n) is 6.13. The second-order valence-corrected chi connectivity index (χ2v) is 6.95. The normalized spacial score (nSPS) is 17.8. The molecule has 138 valence electrons. The fraction of sp³-hybridized carbons (Fsp3) is 0.353. The number of guanidine groups is 1. The van der Waals surface area contributed by atoms with Gasteiger partial charge in [0.25, 0.3) is 5.95 Å². The molecule has 1 aliphatic heterocycles. The number of nitrogens with one attached hydrogen (secondary N) is 3. The van der Waals surface area contributed by atoms with E-state index >= 15 is 0 Å². The van der Waals surface area contributed by atoms with E-state index in [-0.39, 0.29) is 5.96 Å². The van der Waals surface area contributed by atoms with Gasteiger partial charge in [0.15, 0.2) is 0 Å². The molecule has 1 aliphatic rings. The largest absolute Gasteiger partial charge is 0.369 e. The maximum atomic E-state index is 6.00. The predicted octanol–water partition coefficient (Wildman–Crippen LogP) is 3.31. The highest BCUT2D eigenvalue weighted by atomic mass is 35.5. The summed E-state index contributed by atoms with van der Waals surface area (Å²) in [5.74, 6) is 1.20. The van der Waals surface area contributed by atoms with Gasteiger partial charge in [0.1, 0.15) is 5.82 Å². The molecule has 1 atom stereocenters. The molecule has 0 radical (unpaired) electrons. The third-order valence-corrected chi connectivity index (χ3v) is 4.64. The van der Waals surface area contributed by atoms with Crippen LogP contribution in [-0.2, 0) is 0 Å². The molecule has 1 unspecified atom stereocenters. The van der Waals surface area contributed by atoms with Crippen LogP contribution < -0.4 is 21.7 Å². The van der Waals surface area contributed by atoms with Crippen LogP contribution in [0.25, 0.3) is 0 Å². The van der Waals surface area contributed by atoms with E-state index in [2.05, 4.69) is 30.9 Å². The van der Waals surface area contributed by atoms with Crippen molar-refractivity contribution in [3.8, 4) is 0 Å². The van der Waals surface area contributed by atoms with Crippen LogP contribution in [-0.4, -0.2) is 35.1 Å². The van der Waals surface area contributed by atoms with Gasteiger partial charge in [-0.05, 0) is 44.5 Å². The molecule has 3 rings (SSSR count). The second kappa shape index (κ2) is 8.53. The molecular formula is C17H21Cl2N7. The summed E-state index contributed by atoms with van der Waals surface area (Å²) in [5, 5.41) is 10.7. The monoisotopic (exact) mass is 393 g/mol. The smallest absolute Gasteiger partial charge is 0.254 e. The highest BCUT2D eigenvalue weighted by molar-refractivity contribution is 6.42. The van der Waals surface area contributed by atoms with Gasteiger partial charge in [0.2, 0.25) is 5.96 Å². The Morgan fingerprint density at radius 2 is 2.12 bits per heavy atom. The van der Waals surface area contributed by atoms with Crippen LogP contribution in [0.5, 0.6) is 0 Å². The fourth-order valence-corrected chi connectivity index (χ4v) is 3.02. The molecule has 0 spiro atoms. The van der Waals surface area contributed by atoms with Crippen molar-refractivity contribution < 1.29 is 0 Å². The van der Waals surface area contributed by atoms with Gasteiger partial charge >= 0.3 is 0 Å². The summed E-state index contributed by atoms with van der Waals surface area (Å²) < 4.78 is 0. The number of hydrogen-bond donors (Lipinski definition) is 4. The quantitative estimate of drug-likeness (QED) is 0.469. The maximum Gasteiger partial charge on any atom is 0.254 e. The number of benzene rings is 1. The summed E-state index contributed by atoms with van der Waals surface area (Å²) in [6.07, 6.45) is 2.25. The van der Waals surface area contributed by atoms with Crippen LogP contribution in [0.3, 0.4) is 0 Å². The topological polar surface area (TPSA) is 100 Å². The first-order chi connectivity index (χ1) is 12.5. The van der Waals surface area contributed by atoms with Gasteiger partial charge in [0, 0.05) is 30.0 Å². The summed E-state index contributed by atoms with van der Waals surface area (Å²) >= 11 is 11.9. The first-order valence-electron chi connectivity index (χ1n) is 8.39. The Kier molecular flexibility index (Phi) is 6.13. The van der Waals surface area contributed by atoms with Crippen LogP contribution >= 0.6 is 23.2 Å². The van der Waals surface area contributed by atoms with Crippen LogP contribution in [0, 0.1) is 6.92 Å². The number of nitrogens with zero attached hydrogens (tertiary/aromatic N) is 3. The molecule has 26 heavy (non-hydrogen) atoms. The Hall–Kier alpha value is -2.09. The lowest BCUT2D eigenvalue weighted by molar-refractivity contribution is 0.479. The Labute approximate surface area is 162 Å². The van der Waals surface area contributed by atoms with E-state index < -0.39 is 0 Å². The zero-order valence-electron chi connectivity index (χ0n) is 14.4. The molecule has 1 aromatic carbocycles. The average Bonchev–Trinajstić information content (AvgIpc) is 2.58. The van der Waals surface area contributed by atoms with Gasteiger partial charge in [-0.3, -0.25) is 0 Å². The molecule has 5 N–H and O–H groups in total. The minimum absolute atomic E-state index is 0.166.